The predicted molar refractivity (Wildman–Crippen MR) is 77.0 cm³/mol. The summed E-state index contributed by atoms with van der Waals surface area (Å²) >= 11 is 9.31. The first-order valence-electron chi connectivity index (χ1n) is 6.20. The third-order valence-corrected chi connectivity index (χ3v) is 4.28. The Labute approximate surface area is 133 Å². The van der Waals surface area contributed by atoms with Crippen molar-refractivity contribution in [3.05, 3.63) is 33.3 Å². The lowest BCUT2D eigenvalue weighted by Gasteiger charge is -2.42. The minimum Gasteiger partial charge on any atom is -0.439 e. The number of carbonyl (C=O) groups excluding carboxylic acids is 3. The van der Waals surface area contributed by atoms with Gasteiger partial charge >= 0.3 is 6.09 Å². The van der Waals surface area contributed by atoms with Gasteiger partial charge in [-0.2, -0.15) is 0 Å². The Bertz CT molecular complexity index is 629. The van der Waals surface area contributed by atoms with E-state index in [1.807, 2.05) is 0 Å². The van der Waals surface area contributed by atoms with Gasteiger partial charge in [-0.05, 0) is 18.2 Å². The highest BCUT2D eigenvalue weighted by molar-refractivity contribution is 9.10. The summed E-state index contributed by atoms with van der Waals surface area (Å²) in [5.74, 6) is -0.588. The van der Waals surface area contributed by atoms with Gasteiger partial charge in [0, 0.05) is 17.6 Å². The zero-order chi connectivity index (χ0) is 15.1. The molecule has 0 aliphatic carbocycles. The quantitative estimate of drug-likeness (QED) is 0.794. The molecule has 1 aromatic rings. The topological polar surface area (TPSA) is 66.9 Å². The molecule has 21 heavy (non-hydrogen) atoms. The van der Waals surface area contributed by atoms with Gasteiger partial charge in [-0.15, -0.1) is 0 Å². The molecule has 0 spiro atoms. The van der Waals surface area contributed by atoms with E-state index >= 15 is 0 Å². The van der Waals surface area contributed by atoms with Crippen molar-refractivity contribution >= 4 is 45.4 Å². The van der Waals surface area contributed by atoms with E-state index in [1.54, 1.807) is 18.2 Å². The maximum atomic E-state index is 12.3. The molecule has 2 saturated heterocycles. The molecule has 0 unspecified atom stereocenters. The summed E-state index contributed by atoms with van der Waals surface area (Å²) in [6, 6.07) is 4.71. The lowest BCUT2D eigenvalue weighted by atomic mass is 10.1. The van der Waals surface area contributed by atoms with E-state index < -0.39 is 6.09 Å². The van der Waals surface area contributed by atoms with E-state index in [0.29, 0.717) is 23.7 Å². The van der Waals surface area contributed by atoms with Crippen LogP contribution in [-0.4, -0.2) is 53.4 Å². The van der Waals surface area contributed by atoms with Crippen LogP contribution in [0, 0.1) is 0 Å². The Balaban J connectivity index is 1.68. The summed E-state index contributed by atoms with van der Waals surface area (Å²) in [6.07, 6.45) is -0.641. The standard InChI is InChI=1S/C13H10BrClN2O4/c14-7-1-2-10(15)9(3-7)12(19)16-4-8(5-16)17-11(18)6-21-13(17)20/h1-3,8H,4-6H2. The van der Waals surface area contributed by atoms with Crippen LogP contribution in [0.2, 0.25) is 5.02 Å². The van der Waals surface area contributed by atoms with E-state index in [4.69, 9.17) is 11.6 Å². The summed E-state index contributed by atoms with van der Waals surface area (Å²) in [7, 11) is 0. The average molecular weight is 374 g/mol. The van der Waals surface area contributed by atoms with Gasteiger partial charge in [0.25, 0.3) is 11.8 Å². The van der Waals surface area contributed by atoms with Crippen molar-refractivity contribution in [3.63, 3.8) is 0 Å². The van der Waals surface area contributed by atoms with Crippen LogP contribution >= 0.6 is 27.5 Å². The van der Waals surface area contributed by atoms with E-state index in [9.17, 15) is 14.4 Å². The van der Waals surface area contributed by atoms with Crippen LogP contribution in [0.5, 0.6) is 0 Å². The highest BCUT2D eigenvalue weighted by Crippen LogP contribution is 2.26. The van der Waals surface area contributed by atoms with Crippen molar-refractivity contribution in [2.75, 3.05) is 19.7 Å². The first-order valence-corrected chi connectivity index (χ1v) is 7.37. The maximum Gasteiger partial charge on any atom is 0.417 e. The number of ether oxygens (including phenoxy) is 1. The van der Waals surface area contributed by atoms with Gasteiger partial charge < -0.3 is 9.64 Å². The van der Waals surface area contributed by atoms with Crippen molar-refractivity contribution < 1.29 is 19.1 Å². The fourth-order valence-corrected chi connectivity index (χ4v) is 2.89. The third kappa shape index (κ3) is 2.51. The molecule has 0 radical (unpaired) electrons. The van der Waals surface area contributed by atoms with Gasteiger partial charge in [0.2, 0.25) is 0 Å². The van der Waals surface area contributed by atoms with Gasteiger partial charge in [0.1, 0.15) is 0 Å². The molecule has 2 heterocycles. The number of imide groups is 1. The van der Waals surface area contributed by atoms with Crippen molar-refractivity contribution in [1.29, 1.82) is 0 Å². The first kappa shape index (κ1) is 14.3. The van der Waals surface area contributed by atoms with Crippen LogP contribution in [0.4, 0.5) is 4.79 Å². The number of rotatable bonds is 2. The summed E-state index contributed by atoms with van der Waals surface area (Å²) in [6.45, 7) is 0.367. The number of nitrogens with zero attached hydrogens (tertiary/aromatic N) is 2. The second kappa shape index (κ2) is 5.31. The van der Waals surface area contributed by atoms with Crippen LogP contribution < -0.4 is 0 Å². The largest absolute Gasteiger partial charge is 0.439 e. The zero-order valence-corrected chi connectivity index (χ0v) is 13.1. The minimum atomic E-state index is -0.641. The first-order chi connectivity index (χ1) is 9.97. The molecule has 1 aromatic carbocycles. The molecule has 0 N–H and O–H groups in total. The number of hydrogen-bond donors (Lipinski definition) is 0. The second-order valence-electron chi connectivity index (χ2n) is 4.81. The normalized spacial score (nSPS) is 18.8. The molecule has 2 fully saturated rings. The van der Waals surface area contributed by atoms with Crippen molar-refractivity contribution in [2.24, 2.45) is 0 Å². The SMILES string of the molecule is O=C(c1cc(Br)ccc1Cl)N1CC(N2C(=O)COC2=O)C1. The van der Waals surface area contributed by atoms with E-state index in [-0.39, 0.29) is 24.5 Å². The van der Waals surface area contributed by atoms with Crippen LogP contribution in [-0.2, 0) is 9.53 Å². The predicted octanol–water partition coefficient (Wildman–Crippen LogP) is 1.91. The van der Waals surface area contributed by atoms with Crippen molar-refractivity contribution in [1.82, 2.24) is 9.80 Å². The molecule has 0 aromatic heterocycles. The number of likely N-dealkylation sites (tertiary alicyclic amines) is 1. The molecule has 2 aliphatic heterocycles. The summed E-state index contributed by atoms with van der Waals surface area (Å²) in [5, 5.41) is 0.364. The van der Waals surface area contributed by atoms with Gasteiger partial charge in [0.15, 0.2) is 6.61 Å². The van der Waals surface area contributed by atoms with E-state index in [2.05, 4.69) is 20.7 Å². The molecule has 110 valence electrons. The highest BCUT2D eigenvalue weighted by atomic mass is 79.9. The highest BCUT2D eigenvalue weighted by Gasteiger charge is 2.44. The number of amides is 3. The Morgan fingerprint density at radius 1 is 1.33 bits per heavy atom. The minimum absolute atomic E-state index is 0.221. The number of hydrogen-bond acceptors (Lipinski definition) is 4. The van der Waals surface area contributed by atoms with E-state index in [0.717, 1.165) is 9.37 Å². The fraction of sp³-hybridized carbons (Fsp3) is 0.308. The molecule has 0 atom stereocenters. The average Bonchev–Trinajstić information content (AvgIpc) is 2.72. The lowest BCUT2D eigenvalue weighted by molar-refractivity contribution is -0.129. The molecule has 2 aliphatic rings. The summed E-state index contributed by atoms with van der Waals surface area (Å²) < 4.78 is 5.41. The van der Waals surface area contributed by atoms with Crippen molar-refractivity contribution in [2.45, 2.75) is 6.04 Å². The molecule has 8 heteroatoms. The monoisotopic (exact) mass is 372 g/mol. The molecule has 0 saturated carbocycles. The smallest absolute Gasteiger partial charge is 0.417 e. The van der Waals surface area contributed by atoms with Crippen LogP contribution in [0.1, 0.15) is 10.4 Å². The Hall–Kier alpha value is -1.60. The Morgan fingerprint density at radius 3 is 2.67 bits per heavy atom. The Morgan fingerprint density at radius 2 is 2.05 bits per heavy atom. The molecule has 3 rings (SSSR count). The number of carbonyl (C=O) groups is 3. The Kier molecular flexibility index (Phi) is 3.62. The lowest BCUT2D eigenvalue weighted by Crippen LogP contribution is -2.62. The van der Waals surface area contributed by atoms with Gasteiger partial charge in [-0.3, -0.25) is 9.59 Å². The van der Waals surface area contributed by atoms with Gasteiger partial charge in [-0.1, -0.05) is 27.5 Å². The molecule has 6 nitrogen and oxygen atoms in total. The van der Waals surface area contributed by atoms with Gasteiger partial charge in [-0.25, -0.2) is 9.69 Å². The molecule has 3 amide bonds. The maximum absolute atomic E-state index is 12.3. The van der Waals surface area contributed by atoms with Crippen LogP contribution in [0.3, 0.4) is 0 Å². The molecule has 0 bridgehead atoms. The summed E-state index contributed by atoms with van der Waals surface area (Å²) in [5.41, 5.74) is 0.389. The molecular formula is C13H10BrClN2O4. The zero-order valence-electron chi connectivity index (χ0n) is 10.7. The number of cyclic esters (lactones) is 1. The van der Waals surface area contributed by atoms with Crippen molar-refractivity contribution in [3.8, 4) is 0 Å². The van der Waals surface area contributed by atoms with Gasteiger partial charge in [0.05, 0.1) is 16.6 Å². The van der Waals surface area contributed by atoms with E-state index in [1.165, 1.54) is 4.90 Å². The summed E-state index contributed by atoms with van der Waals surface area (Å²) in [4.78, 5) is 37.9. The van der Waals surface area contributed by atoms with Crippen LogP contribution in [0.25, 0.3) is 0 Å². The third-order valence-electron chi connectivity index (χ3n) is 3.46. The number of benzene rings is 1. The fourth-order valence-electron chi connectivity index (χ4n) is 2.33. The molecular weight excluding hydrogens is 364 g/mol. The second-order valence-corrected chi connectivity index (χ2v) is 6.13. The number of halogens is 2. The van der Waals surface area contributed by atoms with Crippen LogP contribution in [0.15, 0.2) is 22.7 Å².